The fourth-order valence-corrected chi connectivity index (χ4v) is 2.66. The van der Waals surface area contributed by atoms with Gasteiger partial charge in [0, 0.05) is 18.0 Å². The van der Waals surface area contributed by atoms with Crippen molar-refractivity contribution in [2.45, 2.75) is 31.6 Å². The lowest BCUT2D eigenvalue weighted by Crippen LogP contribution is -2.53. The number of aliphatic hydroxyl groups is 1. The Morgan fingerprint density at radius 2 is 2.09 bits per heavy atom. The number of carbonyl (C=O) groups excluding carboxylic acids is 1. The first-order valence-corrected chi connectivity index (χ1v) is 7.26. The quantitative estimate of drug-likeness (QED) is 0.891. The number of aromatic nitrogens is 1. The lowest BCUT2D eigenvalue weighted by molar-refractivity contribution is -0.0629. The molecule has 0 spiro atoms. The molecule has 0 fully saturated rings. The highest BCUT2D eigenvalue weighted by Gasteiger charge is 2.43. The second kappa shape index (κ2) is 5.62. The molecule has 2 aromatic rings. The fourth-order valence-electron chi connectivity index (χ4n) is 2.66. The molecule has 0 aliphatic carbocycles. The second-order valence-corrected chi connectivity index (χ2v) is 5.99. The molecule has 1 aromatic carbocycles. The first kappa shape index (κ1) is 15.4. The highest BCUT2D eigenvalue weighted by Crippen LogP contribution is 2.39. The van der Waals surface area contributed by atoms with Crippen LogP contribution in [0.15, 0.2) is 42.7 Å². The van der Waals surface area contributed by atoms with Gasteiger partial charge in [0.05, 0.1) is 11.6 Å². The Hall–Kier alpha value is -2.47. The van der Waals surface area contributed by atoms with Crippen molar-refractivity contribution in [1.82, 2.24) is 10.3 Å². The average molecular weight is 316 g/mol. The van der Waals surface area contributed by atoms with Crippen molar-refractivity contribution in [2.24, 2.45) is 0 Å². The molecule has 2 heterocycles. The summed E-state index contributed by atoms with van der Waals surface area (Å²) < 4.78 is 19.5. The maximum absolute atomic E-state index is 13.8. The number of hydrogen-bond donors (Lipinski definition) is 2. The maximum Gasteiger partial charge on any atom is 0.254 e. The number of fused-ring (bicyclic) bond motifs is 1. The molecule has 2 atom stereocenters. The molecule has 5 nitrogen and oxygen atoms in total. The number of rotatable bonds is 2. The van der Waals surface area contributed by atoms with Gasteiger partial charge in [0.15, 0.2) is 0 Å². The molecule has 2 N–H and O–H groups in total. The number of benzene rings is 1. The van der Waals surface area contributed by atoms with E-state index in [-0.39, 0.29) is 5.56 Å². The van der Waals surface area contributed by atoms with Gasteiger partial charge in [-0.05, 0) is 32.0 Å². The molecule has 1 aliphatic rings. The van der Waals surface area contributed by atoms with E-state index in [1.54, 1.807) is 32.2 Å². The van der Waals surface area contributed by atoms with Gasteiger partial charge in [-0.1, -0.05) is 12.1 Å². The van der Waals surface area contributed by atoms with Gasteiger partial charge in [0.1, 0.15) is 23.3 Å². The molecule has 2 unspecified atom stereocenters. The van der Waals surface area contributed by atoms with Crippen molar-refractivity contribution in [3.05, 3.63) is 59.7 Å². The van der Waals surface area contributed by atoms with E-state index in [0.29, 0.717) is 11.3 Å². The van der Waals surface area contributed by atoms with Gasteiger partial charge >= 0.3 is 0 Å². The van der Waals surface area contributed by atoms with E-state index in [1.807, 2.05) is 0 Å². The van der Waals surface area contributed by atoms with Gasteiger partial charge in [-0.25, -0.2) is 4.39 Å². The van der Waals surface area contributed by atoms with Crippen LogP contribution in [-0.2, 0) is 0 Å². The molecule has 0 saturated heterocycles. The molecule has 23 heavy (non-hydrogen) atoms. The third-order valence-electron chi connectivity index (χ3n) is 3.95. The van der Waals surface area contributed by atoms with Crippen LogP contribution in [0.3, 0.4) is 0 Å². The zero-order valence-corrected chi connectivity index (χ0v) is 12.8. The summed E-state index contributed by atoms with van der Waals surface area (Å²) in [7, 11) is 0. The number of nitrogens with one attached hydrogen (secondary N) is 1. The van der Waals surface area contributed by atoms with Gasteiger partial charge in [-0.3, -0.25) is 9.78 Å². The number of pyridine rings is 1. The maximum atomic E-state index is 13.8. The predicted molar refractivity (Wildman–Crippen MR) is 81.6 cm³/mol. The highest BCUT2D eigenvalue weighted by atomic mass is 19.1. The van der Waals surface area contributed by atoms with Gasteiger partial charge in [0.25, 0.3) is 5.91 Å². The second-order valence-electron chi connectivity index (χ2n) is 5.99. The standard InChI is InChI=1S/C17H17FN2O3/c1-17(2)15(21)14(11-9-19-8-7-13(11)23-17)20-16(22)10-5-3-4-6-12(10)18/h3-9,14-15,21H,1-2H3,(H,20,22). The third kappa shape index (κ3) is 2.77. The molecular formula is C17H17FN2O3. The molecule has 1 aromatic heterocycles. The Kier molecular flexibility index (Phi) is 3.77. The number of carbonyl (C=O) groups is 1. The van der Waals surface area contributed by atoms with Crippen LogP contribution in [0.5, 0.6) is 5.75 Å². The van der Waals surface area contributed by atoms with E-state index in [9.17, 15) is 14.3 Å². The van der Waals surface area contributed by atoms with Crippen molar-refractivity contribution < 1.29 is 19.0 Å². The Bertz CT molecular complexity index is 748. The van der Waals surface area contributed by atoms with E-state index in [2.05, 4.69) is 10.3 Å². The topological polar surface area (TPSA) is 71.5 Å². The van der Waals surface area contributed by atoms with Crippen molar-refractivity contribution in [3.63, 3.8) is 0 Å². The molecule has 1 amide bonds. The largest absolute Gasteiger partial charge is 0.485 e. The average Bonchev–Trinajstić information content (AvgIpc) is 2.51. The summed E-state index contributed by atoms with van der Waals surface area (Å²) in [4.78, 5) is 16.4. The predicted octanol–water partition coefficient (Wildman–Crippen LogP) is 2.22. The fraction of sp³-hybridized carbons (Fsp3) is 0.294. The number of aliphatic hydroxyl groups excluding tert-OH is 1. The van der Waals surface area contributed by atoms with Crippen LogP contribution >= 0.6 is 0 Å². The molecule has 0 bridgehead atoms. The zero-order chi connectivity index (χ0) is 16.6. The minimum atomic E-state index is -1.00. The molecule has 1 aliphatic heterocycles. The molecule has 3 rings (SSSR count). The van der Waals surface area contributed by atoms with E-state index < -0.39 is 29.5 Å². The molecular weight excluding hydrogens is 299 g/mol. The number of halogens is 1. The molecule has 0 radical (unpaired) electrons. The van der Waals surface area contributed by atoms with E-state index in [1.165, 1.54) is 24.4 Å². The van der Waals surface area contributed by atoms with E-state index in [0.717, 1.165) is 0 Å². The van der Waals surface area contributed by atoms with Gasteiger partial charge in [-0.15, -0.1) is 0 Å². The van der Waals surface area contributed by atoms with Crippen LogP contribution in [0.4, 0.5) is 4.39 Å². The van der Waals surface area contributed by atoms with Gasteiger partial charge in [0.2, 0.25) is 0 Å². The van der Waals surface area contributed by atoms with Crippen LogP contribution in [0.2, 0.25) is 0 Å². The van der Waals surface area contributed by atoms with Crippen molar-refractivity contribution in [3.8, 4) is 5.75 Å². The number of hydrogen-bond acceptors (Lipinski definition) is 4. The van der Waals surface area contributed by atoms with Crippen molar-refractivity contribution in [1.29, 1.82) is 0 Å². The zero-order valence-electron chi connectivity index (χ0n) is 12.8. The normalized spacial score (nSPS) is 21.9. The summed E-state index contributed by atoms with van der Waals surface area (Å²) in [5.74, 6) is -0.675. The van der Waals surface area contributed by atoms with Crippen molar-refractivity contribution in [2.75, 3.05) is 0 Å². The Labute approximate surface area is 133 Å². The van der Waals surface area contributed by atoms with Crippen LogP contribution < -0.4 is 10.1 Å². The van der Waals surface area contributed by atoms with E-state index in [4.69, 9.17) is 4.74 Å². The van der Waals surface area contributed by atoms with Crippen LogP contribution in [0.1, 0.15) is 35.8 Å². The number of ether oxygens (including phenoxy) is 1. The summed E-state index contributed by atoms with van der Waals surface area (Å²) in [5.41, 5.74) is -0.417. The third-order valence-corrected chi connectivity index (χ3v) is 3.95. The van der Waals surface area contributed by atoms with Crippen molar-refractivity contribution >= 4 is 5.91 Å². The summed E-state index contributed by atoms with van der Waals surface area (Å²) in [6.07, 6.45) is 2.09. The monoisotopic (exact) mass is 316 g/mol. The minimum Gasteiger partial charge on any atom is -0.485 e. The van der Waals surface area contributed by atoms with Crippen LogP contribution in [-0.4, -0.2) is 27.7 Å². The summed E-state index contributed by atoms with van der Waals surface area (Å²) >= 11 is 0. The molecule has 6 heteroatoms. The summed E-state index contributed by atoms with van der Waals surface area (Å²) in [5, 5.41) is 13.2. The summed E-state index contributed by atoms with van der Waals surface area (Å²) in [6, 6.07) is 6.64. The SMILES string of the molecule is CC1(C)Oc2ccncc2C(NC(=O)c2ccccc2F)C1O. The van der Waals surface area contributed by atoms with Crippen LogP contribution in [0, 0.1) is 5.82 Å². The number of amides is 1. The Morgan fingerprint density at radius 3 is 2.83 bits per heavy atom. The van der Waals surface area contributed by atoms with E-state index >= 15 is 0 Å². The molecule has 120 valence electrons. The Balaban J connectivity index is 1.95. The Morgan fingerprint density at radius 1 is 1.35 bits per heavy atom. The first-order chi connectivity index (χ1) is 10.9. The number of nitrogens with zero attached hydrogens (tertiary/aromatic N) is 1. The van der Waals surface area contributed by atoms with Crippen LogP contribution in [0.25, 0.3) is 0 Å². The smallest absolute Gasteiger partial charge is 0.254 e. The lowest BCUT2D eigenvalue weighted by atomic mass is 9.87. The van der Waals surface area contributed by atoms with Gasteiger partial charge < -0.3 is 15.2 Å². The minimum absolute atomic E-state index is 0.0746. The highest BCUT2D eigenvalue weighted by molar-refractivity contribution is 5.94. The first-order valence-electron chi connectivity index (χ1n) is 7.26. The summed E-state index contributed by atoms with van der Waals surface area (Å²) in [6.45, 7) is 3.45. The molecule has 0 saturated carbocycles. The van der Waals surface area contributed by atoms with Gasteiger partial charge in [-0.2, -0.15) is 0 Å². The lowest BCUT2D eigenvalue weighted by Gasteiger charge is -2.42.